The van der Waals surface area contributed by atoms with Gasteiger partial charge in [-0.25, -0.2) is 0 Å². The minimum Gasteiger partial charge on any atom is -0.378 e. The first kappa shape index (κ1) is 22.6. The highest BCUT2D eigenvalue weighted by Gasteiger charge is 2.21. The number of anilines is 1. The molecule has 3 amide bonds. The normalized spacial score (nSPS) is 14.8. The number of carbonyl (C=O) groups is 3. The van der Waals surface area contributed by atoms with E-state index >= 15 is 0 Å². The first-order valence-corrected chi connectivity index (χ1v) is 10.1. The standard InChI is InChI=1S/C20H31N5O4/c1-4-24(5-2)17-8-6-16(7-9-17)20(28)22-21-18(26)14-23(3)15-19(27)25-10-12-29-13-11-25/h6-9H,4-5,10-15H2,1-3H3,(H,21,26)(H,22,28)/p+1. The van der Waals surface area contributed by atoms with E-state index in [1.54, 1.807) is 24.1 Å². The summed E-state index contributed by atoms with van der Waals surface area (Å²) in [6.07, 6.45) is 0. The van der Waals surface area contributed by atoms with Crippen LogP contribution in [0.1, 0.15) is 24.2 Å². The fourth-order valence-corrected chi connectivity index (χ4v) is 3.17. The van der Waals surface area contributed by atoms with Crippen molar-refractivity contribution < 1.29 is 24.0 Å². The summed E-state index contributed by atoms with van der Waals surface area (Å²) in [5.41, 5.74) is 6.34. The molecule has 29 heavy (non-hydrogen) atoms. The predicted octanol–water partition coefficient (Wildman–Crippen LogP) is -1.33. The molecule has 2 rings (SSSR count). The molecule has 3 N–H and O–H groups in total. The number of rotatable bonds is 8. The van der Waals surface area contributed by atoms with Gasteiger partial charge in [0.1, 0.15) is 0 Å². The van der Waals surface area contributed by atoms with Gasteiger partial charge in [0.15, 0.2) is 13.1 Å². The number of nitrogens with one attached hydrogen (secondary N) is 3. The number of likely N-dealkylation sites (N-methyl/N-ethyl adjacent to an activating group) is 1. The van der Waals surface area contributed by atoms with Crippen molar-refractivity contribution in [3.8, 4) is 0 Å². The van der Waals surface area contributed by atoms with E-state index in [4.69, 9.17) is 4.74 Å². The first-order valence-electron chi connectivity index (χ1n) is 10.1. The summed E-state index contributed by atoms with van der Waals surface area (Å²) in [6, 6.07) is 7.23. The topological polar surface area (TPSA) is 95.4 Å². The molecule has 9 heteroatoms. The Bertz CT molecular complexity index is 685. The van der Waals surface area contributed by atoms with Crippen molar-refractivity contribution in [1.82, 2.24) is 15.8 Å². The second-order valence-corrected chi connectivity index (χ2v) is 7.03. The molecule has 1 aromatic rings. The van der Waals surface area contributed by atoms with Gasteiger partial charge in [0.25, 0.3) is 17.7 Å². The Morgan fingerprint density at radius 3 is 2.24 bits per heavy atom. The zero-order chi connectivity index (χ0) is 21.2. The van der Waals surface area contributed by atoms with Crippen LogP contribution in [0.2, 0.25) is 0 Å². The second-order valence-electron chi connectivity index (χ2n) is 7.03. The zero-order valence-electron chi connectivity index (χ0n) is 17.5. The summed E-state index contributed by atoms with van der Waals surface area (Å²) in [5.74, 6) is -0.743. The molecule has 9 nitrogen and oxygen atoms in total. The molecule has 1 unspecified atom stereocenters. The van der Waals surface area contributed by atoms with Crippen molar-refractivity contribution in [3.05, 3.63) is 29.8 Å². The summed E-state index contributed by atoms with van der Waals surface area (Å²) in [4.78, 5) is 41.2. The molecule has 160 valence electrons. The summed E-state index contributed by atoms with van der Waals surface area (Å²) < 4.78 is 5.23. The Morgan fingerprint density at radius 2 is 1.66 bits per heavy atom. The van der Waals surface area contributed by atoms with Crippen LogP contribution in [0.3, 0.4) is 0 Å². The van der Waals surface area contributed by atoms with Gasteiger partial charge in [0.05, 0.1) is 20.3 Å². The van der Waals surface area contributed by atoms with Crippen LogP contribution in [-0.2, 0) is 14.3 Å². The van der Waals surface area contributed by atoms with Gasteiger partial charge in [0, 0.05) is 37.4 Å². The number of hydrogen-bond acceptors (Lipinski definition) is 5. The highest BCUT2D eigenvalue weighted by molar-refractivity contribution is 5.95. The third kappa shape index (κ3) is 7.03. The van der Waals surface area contributed by atoms with Crippen molar-refractivity contribution in [2.45, 2.75) is 13.8 Å². The maximum atomic E-state index is 12.2. The predicted molar refractivity (Wildman–Crippen MR) is 110 cm³/mol. The molecular formula is C20H32N5O4+. The Hall–Kier alpha value is -2.65. The highest BCUT2D eigenvalue weighted by Crippen LogP contribution is 2.14. The van der Waals surface area contributed by atoms with Gasteiger partial charge in [0.2, 0.25) is 0 Å². The molecule has 0 spiro atoms. The van der Waals surface area contributed by atoms with E-state index in [-0.39, 0.29) is 30.8 Å². The average molecular weight is 407 g/mol. The quantitative estimate of drug-likeness (QED) is 0.465. The van der Waals surface area contributed by atoms with Crippen LogP contribution in [0.25, 0.3) is 0 Å². The van der Waals surface area contributed by atoms with E-state index in [2.05, 4.69) is 29.6 Å². The van der Waals surface area contributed by atoms with Crippen LogP contribution in [0, 0.1) is 0 Å². The lowest BCUT2D eigenvalue weighted by Gasteiger charge is -2.27. The summed E-state index contributed by atoms with van der Waals surface area (Å²) >= 11 is 0. The number of morpholine rings is 1. The molecule has 0 bridgehead atoms. The van der Waals surface area contributed by atoms with E-state index in [1.165, 1.54) is 0 Å². The summed E-state index contributed by atoms with van der Waals surface area (Å²) in [7, 11) is 1.77. The lowest BCUT2D eigenvalue weighted by molar-refractivity contribution is -0.863. The number of hydrazine groups is 1. The van der Waals surface area contributed by atoms with Crippen LogP contribution < -0.4 is 20.7 Å². The zero-order valence-corrected chi connectivity index (χ0v) is 17.5. The second kappa shape index (κ2) is 11.4. The minimum atomic E-state index is -0.383. The monoisotopic (exact) mass is 406 g/mol. The van der Waals surface area contributed by atoms with Crippen LogP contribution in [0.5, 0.6) is 0 Å². The summed E-state index contributed by atoms with van der Waals surface area (Å²) in [5, 5.41) is 0. The van der Waals surface area contributed by atoms with Crippen molar-refractivity contribution in [2.75, 3.05) is 64.4 Å². The van der Waals surface area contributed by atoms with Crippen molar-refractivity contribution in [2.24, 2.45) is 0 Å². The number of nitrogens with zero attached hydrogens (tertiary/aromatic N) is 2. The van der Waals surface area contributed by atoms with Gasteiger partial charge in [-0.15, -0.1) is 0 Å². The highest BCUT2D eigenvalue weighted by atomic mass is 16.5. The van der Waals surface area contributed by atoms with Gasteiger partial charge in [-0.05, 0) is 38.1 Å². The number of benzene rings is 1. The van der Waals surface area contributed by atoms with E-state index < -0.39 is 0 Å². The van der Waals surface area contributed by atoms with Crippen molar-refractivity contribution >= 4 is 23.4 Å². The van der Waals surface area contributed by atoms with Crippen molar-refractivity contribution in [1.29, 1.82) is 0 Å². The van der Waals surface area contributed by atoms with Gasteiger partial charge in [-0.2, -0.15) is 0 Å². The molecule has 0 radical (unpaired) electrons. The fourth-order valence-electron chi connectivity index (χ4n) is 3.17. The molecule has 1 aromatic carbocycles. The van der Waals surface area contributed by atoms with Crippen LogP contribution in [0.15, 0.2) is 24.3 Å². The summed E-state index contributed by atoms with van der Waals surface area (Å²) in [6.45, 7) is 8.50. The number of carbonyl (C=O) groups excluding carboxylic acids is 3. The smallest absolute Gasteiger partial charge is 0.293 e. The largest absolute Gasteiger partial charge is 0.378 e. The molecule has 0 saturated carbocycles. The number of hydrogen-bond donors (Lipinski definition) is 3. The van der Waals surface area contributed by atoms with Crippen molar-refractivity contribution in [3.63, 3.8) is 0 Å². The third-order valence-electron chi connectivity index (χ3n) is 4.85. The van der Waals surface area contributed by atoms with Gasteiger partial charge >= 0.3 is 0 Å². The molecule has 1 heterocycles. The molecule has 1 atom stereocenters. The van der Waals surface area contributed by atoms with Gasteiger partial charge in [-0.1, -0.05) is 0 Å². The molecule has 1 saturated heterocycles. The Kier molecular flexibility index (Phi) is 8.88. The first-order chi connectivity index (χ1) is 13.9. The van der Waals surface area contributed by atoms with E-state index in [0.717, 1.165) is 23.7 Å². The Morgan fingerprint density at radius 1 is 1.03 bits per heavy atom. The third-order valence-corrected chi connectivity index (χ3v) is 4.85. The van der Waals surface area contributed by atoms with Gasteiger partial charge < -0.3 is 19.4 Å². The van der Waals surface area contributed by atoms with Crippen LogP contribution in [-0.4, -0.2) is 82.2 Å². The van der Waals surface area contributed by atoms with E-state index in [0.29, 0.717) is 31.9 Å². The number of ether oxygens (including phenoxy) is 1. The molecule has 0 aliphatic carbocycles. The average Bonchev–Trinajstić information content (AvgIpc) is 2.74. The van der Waals surface area contributed by atoms with Gasteiger partial charge in [-0.3, -0.25) is 25.2 Å². The number of amides is 3. The van der Waals surface area contributed by atoms with E-state index in [1.807, 2.05) is 12.1 Å². The molecule has 0 aromatic heterocycles. The Labute approximate surface area is 171 Å². The fraction of sp³-hybridized carbons (Fsp3) is 0.550. The van der Waals surface area contributed by atoms with Crippen LogP contribution >= 0.6 is 0 Å². The molecule has 1 fully saturated rings. The van der Waals surface area contributed by atoms with Crippen LogP contribution in [0.4, 0.5) is 5.69 Å². The number of quaternary nitrogens is 1. The molecular weight excluding hydrogens is 374 g/mol. The Balaban J connectivity index is 1.74. The maximum absolute atomic E-state index is 12.2. The lowest BCUT2D eigenvalue weighted by atomic mass is 10.2. The SMILES string of the molecule is CCN(CC)c1ccc(C(=O)NNC(=O)C[NH+](C)CC(=O)N2CCOCC2)cc1. The maximum Gasteiger partial charge on any atom is 0.293 e. The van der Waals surface area contributed by atoms with E-state index in [9.17, 15) is 14.4 Å². The minimum absolute atomic E-state index is 0.00377. The molecule has 1 aliphatic heterocycles. The lowest BCUT2D eigenvalue weighted by Crippen LogP contribution is -3.11. The molecule has 1 aliphatic rings.